The van der Waals surface area contributed by atoms with Crippen molar-refractivity contribution in [3.05, 3.63) is 76.0 Å². The Kier molecular flexibility index (Phi) is 4.11. The van der Waals surface area contributed by atoms with Crippen molar-refractivity contribution in [3.8, 4) is 0 Å². The summed E-state index contributed by atoms with van der Waals surface area (Å²) in [5, 5.41) is 7.63. The number of hydrogen-bond acceptors (Lipinski definition) is 4. The molecule has 0 spiro atoms. The summed E-state index contributed by atoms with van der Waals surface area (Å²) in [4.78, 5) is 27.3. The summed E-state index contributed by atoms with van der Waals surface area (Å²) in [5.41, 5.74) is 5.26. The van der Waals surface area contributed by atoms with E-state index in [1.165, 1.54) is 11.8 Å². The van der Waals surface area contributed by atoms with Gasteiger partial charge in [-0.15, -0.1) is 0 Å². The summed E-state index contributed by atoms with van der Waals surface area (Å²) in [5.74, 6) is 0.548. The molecule has 0 radical (unpaired) electrons. The van der Waals surface area contributed by atoms with Crippen molar-refractivity contribution in [3.63, 3.8) is 0 Å². The van der Waals surface area contributed by atoms with Crippen LogP contribution in [0, 0.1) is 0 Å². The number of H-pyrrole nitrogens is 1. The molecule has 3 aromatic rings. The Morgan fingerprint density at radius 3 is 2.89 bits per heavy atom. The number of aryl methyl sites for hydroxylation is 1. The maximum absolute atomic E-state index is 13.2. The molecular weight excluding hydrogens is 354 g/mol. The molecule has 0 fully saturated rings. The van der Waals surface area contributed by atoms with E-state index in [2.05, 4.69) is 22.3 Å². The molecule has 1 N–H and O–H groups in total. The van der Waals surface area contributed by atoms with Gasteiger partial charge in [-0.25, -0.2) is 0 Å². The molecule has 0 bridgehead atoms. The van der Waals surface area contributed by atoms with E-state index in [0.717, 1.165) is 42.6 Å². The molecule has 1 amide bonds. The number of Topliss-reactive ketones (excluding diaryl/α,β-unsaturated/α-hetero) is 1. The number of ketones is 1. The van der Waals surface area contributed by atoms with Gasteiger partial charge in [0.1, 0.15) is 12.0 Å². The van der Waals surface area contributed by atoms with Crippen molar-refractivity contribution in [2.24, 2.45) is 0 Å². The van der Waals surface area contributed by atoms with Gasteiger partial charge in [0.15, 0.2) is 5.78 Å². The zero-order valence-corrected chi connectivity index (χ0v) is 15.5. The molecule has 0 saturated heterocycles. The van der Waals surface area contributed by atoms with Crippen molar-refractivity contribution in [1.29, 1.82) is 0 Å². The van der Waals surface area contributed by atoms with Crippen LogP contribution >= 0.6 is 0 Å². The number of carbonyl (C=O) groups excluding carboxylic acids is 2. The first-order valence-electron chi connectivity index (χ1n) is 9.72. The summed E-state index contributed by atoms with van der Waals surface area (Å²) in [6.07, 6.45) is 4.93. The van der Waals surface area contributed by atoms with Crippen molar-refractivity contribution in [2.75, 3.05) is 6.54 Å². The molecule has 6 heteroatoms. The molecule has 1 aliphatic carbocycles. The first kappa shape index (κ1) is 17.0. The van der Waals surface area contributed by atoms with E-state index in [1.807, 2.05) is 18.2 Å². The summed E-state index contributed by atoms with van der Waals surface area (Å²) < 4.78 is 5.54. The third-order valence-corrected chi connectivity index (χ3v) is 5.70. The maximum Gasteiger partial charge on any atom is 0.258 e. The fourth-order valence-electron chi connectivity index (χ4n) is 4.21. The lowest BCUT2D eigenvalue weighted by molar-refractivity contribution is 0.0728. The average molecular weight is 375 g/mol. The van der Waals surface area contributed by atoms with Gasteiger partial charge in [-0.2, -0.15) is 5.10 Å². The normalized spacial score (nSPS) is 16.0. The Hall–Kier alpha value is -3.15. The van der Waals surface area contributed by atoms with Crippen molar-refractivity contribution >= 4 is 11.7 Å². The zero-order chi connectivity index (χ0) is 19.1. The van der Waals surface area contributed by atoms with Gasteiger partial charge in [-0.05, 0) is 12.0 Å². The predicted octanol–water partition coefficient (Wildman–Crippen LogP) is 3.31. The molecule has 3 heterocycles. The van der Waals surface area contributed by atoms with Gasteiger partial charge in [-0.1, -0.05) is 30.3 Å². The number of aromatic amines is 1. The minimum atomic E-state index is -0.127. The number of amides is 1. The second kappa shape index (κ2) is 6.78. The number of aromatic nitrogens is 2. The summed E-state index contributed by atoms with van der Waals surface area (Å²) in [6.45, 7) is 1.11. The Balaban J connectivity index is 1.40. The summed E-state index contributed by atoms with van der Waals surface area (Å²) in [6, 6.07) is 10.2. The van der Waals surface area contributed by atoms with Crippen LogP contribution in [0.5, 0.6) is 0 Å². The number of carbonyl (C=O) groups is 2. The van der Waals surface area contributed by atoms with Crippen molar-refractivity contribution in [1.82, 2.24) is 15.1 Å². The number of hydrogen-bond donors (Lipinski definition) is 1. The highest BCUT2D eigenvalue weighted by Gasteiger charge is 2.32. The Bertz CT molecular complexity index is 1050. The second-order valence-electron chi connectivity index (χ2n) is 7.49. The number of rotatable bonds is 3. The highest BCUT2D eigenvalue weighted by Crippen LogP contribution is 2.29. The molecule has 2 aliphatic rings. The standard InChI is InChI=1S/C22H21N3O3/c26-19-7-4-8-20-21(19)16(13-28-20)22(27)25-10-9-17-15(12-25)18(24-23-17)11-14-5-2-1-3-6-14/h1-3,5-6,13H,4,7-12H2,(H,23,24). The topological polar surface area (TPSA) is 79.2 Å². The van der Waals surface area contributed by atoms with Crippen LogP contribution < -0.4 is 0 Å². The highest BCUT2D eigenvalue weighted by molar-refractivity contribution is 6.09. The van der Waals surface area contributed by atoms with Crippen LogP contribution in [0.2, 0.25) is 0 Å². The van der Waals surface area contributed by atoms with Gasteiger partial charge >= 0.3 is 0 Å². The number of nitrogens with zero attached hydrogens (tertiary/aromatic N) is 2. The number of fused-ring (bicyclic) bond motifs is 2. The van der Waals surface area contributed by atoms with E-state index in [0.29, 0.717) is 36.4 Å². The molecule has 6 nitrogen and oxygen atoms in total. The number of furan rings is 1. The number of benzene rings is 1. The van der Waals surface area contributed by atoms with Crippen LogP contribution in [0.15, 0.2) is 41.0 Å². The fraction of sp³-hybridized carbons (Fsp3) is 0.318. The van der Waals surface area contributed by atoms with Crippen LogP contribution in [-0.2, 0) is 25.8 Å². The molecule has 28 heavy (non-hydrogen) atoms. The molecule has 2 aromatic heterocycles. The Morgan fingerprint density at radius 1 is 1.18 bits per heavy atom. The smallest absolute Gasteiger partial charge is 0.258 e. The quantitative estimate of drug-likeness (QED) is 0.762. The van der Waals surface area contributed by atoms with Crippen LogP contribution in [0.25, 0.3) is 0 Å². The van der Waals surface area contributed by atoms with Gasteiger partial charge in [0.05, 0.1) is 16.8 Å². The Labute approximate surface area is 162 Å². The van der Waals surface area contributed by atoms with Crippen LogP contribution in [0.1, 0.15) is 61.8 Å². The molecular formula is C22H21N3O3. The molecule has 0 saturated carbocycles. The highest BCUT2D eigenvalue weighted by atomic mass is 16.3. The molecule has 1 aliphatic heterocycles. The number of nitrogens with one attached hydrogen (secondary N) is 1. The van der Waals surface area contributed by atoms with Crippen molar-refractivity contribution < 1.29 is 14.0 Å². The lowest BCUT2D eigenvalue weighted by atomic mass is 9.93. The average Bonchev–Trinajstić information content (AvgIpc) is 3.33. The Morgan fingerprint density at radius 2 is 2.04 bits per heavy atom. The SMILES string of the molecule is O=C1CCCc2occ(C(=O)N3CCc4[nH]nc(Cc5ccccc5)c4C3)c21. The third kappa shape index (κ3) is 2.85. The van der Waals surface area contributed by atoms with Gasteiger partial charge < -0.3 is 9.32 Å². The maximum atomic E-state index is 13.2. The van der Waals surface area contributed by atoms with E-state index in [1.54, 1.807) is 4.90 Å². The van der Waals surface area contributed by atoms with Gasteiger partial charge in [0.25, 0.3) is 5.91 Å². The van der Waals surface area contributed by atoms with Gasteiger partial charge in [0.2, 0.25) is 0 Å². The van der Waals surface area contributed by atoms with Crippen LogP contribution in [0.3, 0.4) is 0 Å². The second-order valence-corrected chi connectivity index (χ2v) is 7.49. The molecule has 142 valence electrons. The van der Waals surface area contributed by atoms with Gasteiger partial charge in [0, 0.05) is 50.0 Å². The van der Waals surface area contributed by atoms with E-state index in [9.17, 15) is 9.59 Å². The predicted molar refractivity (Wildman–Crippen MR) is 102 cm³/mol. The van der Waals surface area contributed by atoms with E-state index in [-0.39, 0.29) is 11.7 Å². The van der Waals surface area contributed by atoms with E-state index < -0.39 is 0 Å². The fourth-order valence-corrected chi connectivity index (χ4v) is 4.21. The monoisotopic (exact) mass is 375 g/mol. The molecule has 1 aromatic carbocycles. The zero-order valence-electron chi connectivity index (χ0n) is 15.5. The lowest BCUT2D eigenvalue weighted by Gasteiger charge is -2.27. The third-order valence-electron chi connectivity index (χ3n) is 5.70. The minimum absolute atomic E-state index is 0.0177. The first-order valence-corrected chi connectivity index (χ1v) is 9.72. The van der Waals surface area contributed by atoms with Crippen molar-refractivity contribution in [2.45, 2.75) is 38.6 Å². The first-order chi connectivity index (χ1) is 13.7. The lowest BCUT2D eigenvalue weighted by Crippen LogP contribution is -2.36. The van der Waals surface area contributed by atoms with E-state index >= 15 is 0 Å². The summed E-state index contributed by atoms with van der Waals surface area (Å²) >= 11 is 0. The molecule has 0 unspecified atom stereocenters. The molecule has 0 atom stereocenters. The molecule has 5 rings (SSSR count). The van der Waals surface area contributed by atoms with Crippen LogP contribution in [-0.4, -0.2) is 33.3 Å². The largest absolute Gasteiger partial charge is 0.468 e. The van der Waals surface area contributed by atoms with Crippen LogP contribution in [0.4, 0.5) is 0 Å². The van der Waals surface area contributed by atoms with E-state index in [4.69, 9.17) is 4.42 Å². The van der Waals surface area contributed by atoms with Gasteiger partial charge in [-0.3, -0.25) is 14.7 Å². The summed E-state index contributed by atoms with van der Waals surface area (Å²) in [7, 11) is 0. The minimum Gasteiger partial charge on any atom is -0.468 e.